The van der Waals surface area contributed by atoms with E-state index in [9.17, 15) is 4.79 Å². The number of hydrogen-bond acceptors (Lipinski definition) is 4. The van der Waals surface area contributed by atoms with Crippen LogP contribution in [0.2, 0.25) is 0 Å². The van der Waals surface area contributed by atoms with Crippen molar-refractivity contribution in [3.05, 3.63) is 0 Å². The molecule has 106 valence electrons. The highest BCUT2D eigenvalue weighted by Gasteiger charge is 2.14. The molecule has 0 saturated carbocycles. The van der Waals surface area contributed by atoms with Crippen LogP contribution < -0.4 is 10.6 Å². The molecular weight excluding hydrogens is 228 g/mol. The molecular formula is C13H28N4O. The first-order valence-electron chi connectivity index (χ1n) is 6.96. The Kier molecular flexibility index (Phi) is 7.23. The molecule has 5 nitrogen and oxygen atoms in total. The second-order valence-corrected chi connectivity index (χ2v) is 5.25. The Morgan fingerprint density at radius 1 is 1.28 bits per heavy atom. The summed E-state index contributed by atoms with van der Waals surface area (Å²) in [5, 5.41) is 6.02. The van der Waals surface area contributed by atoms with Crippen LogP contribution in [-0.4, -0.2) is 75.6 Å². The van der Waals surface area contributed by atoms with Crippen LogP contribution in [0.1, 0.15) is 13.3 Å². The smallest absolute Gasteiger partial charge is 0.224 e. The minimum atomic E-state index is 0.0543. The van der Waals surface area contributed by atoms with E-state index in [1.165, 1.54) is 0 Å². The first kappa shape index (κ1) is 15.4. The predicted octanol–water partition coefficient (Wildman–Crippen LogP) is -0.404. The molecule has 1 aliphatic rings. The lowest BCUT2D eigenvalue weighted by Crippen LogP contribution is -2.45. The highest BCUT2D eigenvalue weighted by atomic mass is 16.1. The third kappa shape index (κ3) is 5.80. The van der Waals surface area contributed by atoms with Crippen LogP contribution in [0.25, 0.3) is 0 Å². The molecule has 0 spiro atoms. The number of carbonyl (C=O) groups excluding carboxylic acids is 1. The van der Waals surface area contributed by atoms with Crippen LogP contribution in [0.4, 0.5) is 0 Å². The summed E-state index contributed by atoms with van der Waals surface area (Å²) in [5.41, 5.74) is 0. The molecule has 2 N–H and O–H groups in total. The average molecular weight is 256 g/mol. The first-order valence-corrected chi connectivity index (χ1v) is 6.96. The van der Waals surface area contributed by atoms with E-state index in [2.05, 4.69) is 27.5 Å². The number of hydrogen-bond donors (Lipinski definition) is 2. The zero-order chi connectivity index (χ0) is 13.4. The zero-order valence-electron chi connectivity index (χ0n) is 12.0. The van der Waals surface area contributed by atoms with E-state index in [1.54, 1.807) is 0 Å². The lowest BCUT2D eigenvalue weighted by molar-refractivity contribution is -0.124. The number of amides is 1. The lowest BCUT2D eigenvalue weighted by atomic mass is 10.1. The van der Waals surface area contributed by atoms with Crippen molar-refractivity contribution in [1.29, 1.82) is 0 Å². The molecule has 0 aromatic rings. The topological polar surface area (TPSA) is 47.6 Å². The zero-order valence-corrected chi connectivity index (χ0v) is 12.0. The van der Waals surface area contributed by atoms with E-state index in [-0.39, 0.29) is 11.8 Å². The van der Waals surface area contributed by atoms with Crippen molar-refractivity contribution in [3.63, 3.8) is 0 Å². The Morgan fingerprint density at radius 2 is 1.94 bits per heavy atom. The molecule has 0 aromatic carbocycles. The van der Waals surface area contributed by atoms with Gasteiger partial charge < -0.3 is 20.4 Å². The monoisotopic (exact) mass is 256 g/mol. The predicted molar refractivity (Wildman–Crippen MR) is 74.7 cm³/mol. The summed E-state index contributed by atoms with van der Waals surface area (Å²) < 4.78 is 0. The summed E-state index contributed by atoms with van der Waals surface area (Å²) in [6, 6.07) is 0. The quantitative estimate of drug-likeness (QED) is 0.608. The van der Waals surface area contributed by atoms with E-state index in [4.69, 9.17) is 0 Å². The molecule has 1 saturated heterocycles. The Bertz CT molecular complexity index is 239. The van der Waals surface area contributed by atoms with E-state index in [0.29, 0.717) is 0 Å². The summed E-state index contributed by atoms with van der Waals surface area (Å²) >= 11 is 0. The number of rotatable bonds is 7. The van der Waals surface area contributed by atoms with Crippen molar-refractivity contribution in [3.8, 4) is 0 Å². The summed E-state index contributed by atoms with van der Waals surface area (Å²) in [4.78, 5) is 16.5. The van der Waals surface area contributed by atoms with Crippen LogP contribution >= 0.6 is 0 Å². The fraction of sp³-hybridized carbons (Fsp3) is 0.923. The summed E-state index contributed by atoms with van der Waals surface area (Å²) in [6.45, 7) is 9.20. The number of nitrogens with zero attached hydrogens (tertiary/aromatic N) is 2. The van der Waals surface area contributed by atoms with Gasteiger partial charge in [-0.15, -0.1) is 0 Å². The van der Waals surface area contributed by atoms with Gasteiger partial charge in [-0.1, -0.05) is 6.92 Å². The maximum Gasteiger partial charge on any atom is 0.224 e. The summed E-state index contributed by atoms with van der Waals surface area (Å²) in [6.07, 6.45) is 1.04. The first-order chi connectivity index (χ1) is 8.63. The maximum absolute atomic E-state index is 11.7. The molecule has 1 atom stereocenters. The van der Waals surface area contributed by atoms with E-state index < -0.39 is 0 Å². The van der Waals surface area contributed by atoms with Crippen LogP contribution in [-0.2, 0) is 4.79 Å². The second kappa shape index (κ2) is 8.45. The number of carbonyl (C=O) groups is 1. The van der Waals surface area contributed by atoms with Gasteiger partial charge in [0.25, 0.3) is 0 Å². The van der Waals surface area contributed by atoms with Gasteiger partial charge in [0.05, 0.1) is 0 Å². The minimum Gasteiger partial charge on any atom is -0.356 e. The average Bonchev–Trinajstić information content (AvgIpc) is 2.36. The van der Waals surface area contributed by atoms with Gasteiger partial charge in [0.1, 0.15) is 0 Å². The SMILES string of the molecule is CNCC(C)C(=O)NCCCN1CCN(C)CC1. The van der Waals surface area contributed by atoms with E-state index >= 15 is 0 Å². The molecule has 1 aliphatic heterocycles. The van der Waals surface area contributed by atoms with Crippen LogP contribution in [0.3, 0.4) is 0 Å². The third-order valence-electron chi connectivity index (χ3n) is 3.50. The van der Waals surface area contributed by atoms with Gasteiger partial charge in [0.2, 0.25) is 5.91 Å². The van der Waals surface area contributed by atoms with Crippen LogP contribution in [0.15, 0.2) is 0 Å². The molecule has 0 aliphatic carbocycles. The second-order valence-electron chi connectivity index (χ2n) is 5.25. The fourth-order valence-electron chi connectivity index (χ4n) is 2.16. The lowest BCUT2D eigenvalue weighted by Gasteiger charge is -2.32. The summed E-state index contributed by atoms with van der Waals surface area (Å²) in [7, 11) is 4.04. The Hall–Kier alpha value is -0.650. The molecule has 5 heteroatoms. The van der Waals surface area contributed by atoms with Crippen molar-refractivity contribution in [2.24, 2.45) is 5.92 Å². The van der Waals surface area contributed by atoms with Crippen molar-refractivity contribution in [1.82, 2.24) is 20.4 Å². The third-order valence-corrected chi connectivity index (χ3v) is 3.50. The fourth-order valence-corrected chi connectivity index (χ4v) is 2.16. The van der Waals surface area contributed by atoms with Gasteiger partial charge in [-0.3, -0.25) is 4.79 Å². The molecule has 18 heavy (non-hydrogen) atoms. The highest BCUT2D eigenvalue weighted by Crippen LogP contribution is 1.99. The standard InChI is InChI=1S/C13H28N4O/c1-12(11-14-2)13(18)15-5-4-6-17-9-7-16(3)8-10-17/h12,14H,4-11H2,1-3H3,(H,15,18). The van der Waals surface area contributed by atoms with Gasteiger partial charge >= 0.3 is 0 Å². The molecule has 0 bridgehead atoms. The number of nitrogens with one attached hydrogen (secondary N) is 2. The minimum absolute atomic E-state index is 0.0543. The van der Waals surface area contributed by atoms with Crippen LogP contribution in [0.5, 0.6) is 0 Å². The maximum atomic E-state index is 11.7. The molecule has 1 rings (SSSR count). The van der Waals surface area contributed by atoms with Crippen LogP contribution in [0, 0.1) is 5.92 Å². The molecule has 1 amide bonds. The number of likely N-dealkylation sites (N-methyl/N-ethyl adjacent to an activating group) is 1. The number of piperazine rings is 1. The van der Waals surface area contributed by atoms with E-state index in [1.807, 2.05) is 14.0 Å². The van der Waals surface area contributed by atoms with Gasteiger partial charge in [-0.2, -0.15) is 0 Å². The van der Waals surface area contributed by atoms with Crippen molar-refractivity contribution in [2.45, 2.75) is 13.3 Å². The Morgan fingerprint density at radius 3 is 2.56 bits per heavy atom. The largest absolute Gasteiger partial charge is 0.356 e. The van der Waals surface area contributed by atoms with Gasteiger partial charge in [0, 0.05) is 45.2 Å². The molecule has 1 fully saturated rings. The molecule has 0 radical (unpaired) electrons. The van der Waals surface area contributed by atoms with Gasteiger partial charge in [-0.05, 0) is 27.1 Å². The van der Waals surface area contributed by atoms with Crippen molar-refractivity contribution >= 4 is 5.91 Å². The van der Waals surface area contributed by atoms with Crippen molar-refractivity contribution < 1.29 is 4.79 Å². The van der Waals surface area contributed by atoms with E-state index in [0.717, 1.165) is 52.2 Å². The van der Waals surface area contributed by atoms with Crippen molar-refractivity contribution in [2.75, 3.05) is 59.9 Å². The molecule has 0 aromatic heterocycles. The Labute approximate surface area is 111 Å². The summed E-state index contributed by atoms with van der Waals surface area (Å²) in [5.74, 6) is 0.210. The van der Waals surface area contributed by atoms with Gasteiger partial charge in [-0.25, -0.2) is 0 Å². The highest BCUT2D eigenvalue weighted by molar-refractivity contribution is 5.78. The normalized spacial score (nSPS) is 19.7. The molecule has 1 heterocycles. The molecule has 1 unspecified atom stereocenters. The Balaban J connectivity index is 2.02. The van der Waals surface area contributed by atoms with Gasteiger partial charge in [0.15, 0.2) is 0 Å².